The maximum absolute atomic E-state index is 13.1. The molecule has 4 amide bonds. The van der Waals surface area contributed by atoms with Crippen molar-refractivity contribution in [1.29, 1.82) is 0 Å². The van der Waals surface area contributed by atoms with Crippen LogP contribution in [0, 0.1) is 0 Å². The molecule has 1 atom stereocenters. The first-order valence-electron chi connectivity index (χ1n) is 11.1. The van der Waals surface area contributed by atoms with Gasteiger partial charge in [0.25, 0.3) is 11.8 Å². The van der Waals surface area contributed by atoms with Gasteiger partial charge < -0.3 is 5.32 Å². The Morgan fingerprint density at radius 1 is 1.00 bits per heavy atom. The zero-order chi connectivity index (χ0) is 23.4. The van der Waals surface area contributed by atoms with E-state index in [1.165, 1.54) is 5.56 Å². The highest BCUT2D eigenvalue weighted by molar-refractivity contribution is 6.30. The van der Waals surface area contributed by atoms with Crippen LogP contribution in [-0.2, 0) is 21.7 Å². The Bertz CT molecular complexity index is 1010. The number of urea groups is 1. The molecule has 33 heavy (non-hydrogen) atoms. The summed E-state index contributed by atoms with van der Waals surface area (Å²) in [5.74, 6) is -0.855. The monoisotopic (exact) mass is 469 g/mol. The van der Waals surface area contributed by atoms with Gasteiger partial charge in [-0.15, -0.1) is 0 Å². The SMILES string of the molecule is CCC1(c2ccccc2)NC(=O)N(NC(=O)CN2CCN(Cc3ccc(Cl)cc3)CC2)C1=O. The van der Waals surface area contributed by atoms with E-state index in [1.54, 1.807) is 12.1 Å². The van der Waals surface area contributed by atoms with E-state index in [9.17, 15) is 14.4 Å². The molecule has 174 valence electrons. The summed E-state index contributed by atoms with van der Waals surface area (Å²) in [7, 11) is 0. The maximum Gasteiger partial charge on any atom is 0.344 e. The molecule has 9 heteroatoms. The molecule has 0 spiro atoms. The third-order valence-electron chi connectivity index (χ3n) is 6.28. The van der Waals surface area contributed by atoms with Crippen LogP contribution in [0.1, 0.15) is 24.5 Å². The molecule has 4 rings (SSSR count). The molecule has 8 nitrogen and oxygen atoms in total. The van der Waals surface area contributed by atoms with Gasteiger partial charge in [-0.2, -0.15) is 5.01 Å². The molecule has 0 radical (unpaired) electrons. The number of halogens is 1. The van der Waals surface area contributed by atoms with E-state index in [0.29, 0.717) is 12.0 Å². The Hall–Kier alpha value is -2.94. The van der Waals surface area contributed by atoms with Gasteiger partial charge in [0, 0.05) is 37.7 Å². The van der Waals surface area contributed by atoms with E-state index in [0.717, 1.165) is 42.8 Å². The summed E-state index contributed by atoms with van der Waals surface area (Å²) in [4.78, 5) is 42.7. The van der Waals surface area contributed by atoms with Crippen LogP contribution in [0.5, 0.6) is 0 Å². The minimum absolute atomic E-state index is 0.121. The second kappa shape index (κ2) is 9.91. The lowest BCUT2D eigenvalue weighted by Crippen LogP contribution is -2.53. The number of hydrogen-bond donors (Lipinski definition) is 2. The molecule has 0 saturated carbocycles. The average Bonchev–Trinajstić information content (AvgIpc) is 3.07. The summed E-state index contributed by atoms with van der Waals surface area (Å²) < 4.78 is 0. The number of carbonyl (C=O) groups is 3. The fourth-order valence-electron chi connectivity index (χ4n) is 4.36. The number of rotatable bonds is 7. The van der Waals surface area contributed by atoms with Crippen molar-refractivity contribution in [1.82, 2.24) is 25.6 Å². The van der Waals surface area contributed by atoms with Crippen molar-refractivity contribution in [2.45, 2.75) is 25.4 Å². The topological polar surface area (TPSA) is 85.0 Å². The first-order chi connectivity index (χ1) is 15.9. The molecule has 1 unspecified atom stereocenters. The molecule has 2 heterocycles. The highest BCUT2D eigenvalue weighted by Gasteiger charge is 2.52. The van der Waals surface area contributed by atoms with Crippen LogP contribution >= 0.6 is 11.6 Å². The fourth-order valence-corrected chi connectivity index (χ4v) is 4.48. The number of carbonyl (C=O) groups excluding carboxylic acids is 3. The van der Waals surface area contributed by atoms with E-state index < -0.39 is 17.5 Å². The van der Waals surface area contributed by atoms with E-state index in [2.05, 4.69) is 15.6 Å². The summed E-state index contributed by atoms with van der Waals surface area (Å²) in [6, 6.07) is 16.3. The van der Waals surface area contributed by atoms with Crippen molar-refractivity contribution in [2.75, 3.05) is 32.7 Å². The summed E-state index contributed by atoms with van der Waals surface area (Å²) in [5.41, 5.74) is 3.23. The molecule has 0 aromatic heterocycles. The zero-order valence-electron chi connectivity index (χ0n) is 18.6. The first-order valence-corrected chi connectivity index (χ1v) is 11.5. The Labute approximate surface area is 198 Å². The predicted octanol–water partition coefficient (Wildman–Crippen LogP) is 2.35. The van der Waals surface area contributed by atoms with E-state index in [4.69, 9.17) is 11.6 Å². The van der Waals surface area contributed by atoms with Gasteiger partial charge in [0.05, 0.1) is 6.54 Å². The van der Waals surface area contributed by atoms with Gasteiger partial charge in [0.2, 0.25) is 0 Å². The molecule has 2 aliphatic rings. The minimum Gasteiger partial charge on any atom is -0.318 e. The van der Waals surface area contributed by atoms with Gasteiger partial charge in [-0.25, -0.2) is 4.79 Å². The van der Waals surface area contributed by atoms with Crippen molar-refractivity contribution in [3.05, 3.63) is 70.7 Å². The van der Waals surface area contributed by atoms with Crippen molar-refractivity contribution in [2.24, 2.45) is 0 Å². The van der Waals surface area contributed by atoms with E-state index >= 15 is 0 Å². The van der Waals surface area contributed by atoms with Crippen molar-refractivity contribution >= 4 is 29.4 Å². The number of hydrazine groups is 1. The number of nitrogens with zero attached hydrogens (tertiary/aromatic N) is 3. The molecule has 0 bridgehead atoms. The quantitative estimate of drug-likeness (QED) is 0.608. The smallest absolute Gasteiger partial charge is 0.318 e. The molecule has 2 aromatic rings. The van der Waals surface area contributed by atoms with Crippen LogP contribution in [-0.4, -0.2) is 65.4 Å². The zero-order valence-corrected chi connectivity index (χ0v) is 19.3. The standard InChI is InChI=1S/C24H28ClN5O3/c1-2-24(19-6-4-3-5-7-19)22(32)30(23(33)26-24)27-21(31)17-29-14-12-28(13-15-29)16-18-8-10-20(25)11-9-18/h3-11H,2,12-17H2,1H3,(H,26,33)(H,27,31). The van der Waals surface area contributed by atoms with Crippen LogP contribution in [0.3, 0.4) is 0 Å². The number of hydrogen-bond acceptors (Lipinski definition) is 5. The van der Waals surface area contributed by atoms with Gasteiger partial charge in [0.1, 0.15) is 5.54 Å². The van der Waals surface area contributed by atoms with E-state index in [-0.39, 0.29) is 12.5 Å². The molecular formula is C24H28ClN5O3. The van der Waals surface area contributed by atoms with Gasteiger partial charge in [0.15, 0.2) is 0 Å². The lowest BCUT2D eigenvalue weighted by Gasteiger charge is -2.34. The summed E-state index contributed by atoms with van der Waals surface area (Å²) in [6.07, 6.45) is 0.379. The van der Waals surface area contributed by atoms with Crippen LogP contribution in [0.2, 0.25) is 5.02 Å². The molecule has 2 fully saturated rings. The van der Waals surface area contributed by atoms with Crippen molar-refractivity contribution < 1.29 is 14.4 Å². The summed E-state index contributed by atoms with van der Waals surface area (Å²) in [6.45, 7) is 5.89. The van der Waals surface area contributed by atoms with Crippen molar-refractivity contribution in [3.8, 4) is 0 Å². The molecule has 2 aliphatic heterocycles. The minimum atomic E-state index is -1.17. The van der Waals surface area contributed by atoms with Crippen LogP contribution < -0.4 is 10.7 Å². The average molecular weight is 470 g/mol. The number of piperazine rings is 1. The molecule has 2 saturated heterocycles. The number of amides is 4. The number of nitrogens with one attached hydrogen (secondary N) is 2. The number of benzene rings is 2. The Morgan fingerprint density at radius 2 is 1.64 bits per heavy atom. The second-order valence-corrected chi connectivity index (χ2v) is 8.85. The highest BCUT2D eigenvalue weighted by Crippen LogP contribution is 2.31. The lowest BCUT2D eigenvalue weighted by atomic mass is 9.87. The summed E-state index contributed by atoms with van der Waals surface area (Å²) >= 11 is 5.95. The second-order valence-electron chi connectivity index (χ2n) is 8.41. The highest BCUT2D eigenvalue weighted by atomic mass is 35.5. The molecule has 2 aromatic carbocycles. The van der Waals surface area contributed by atoms with Gasteiger partial charge in [-0.05, 0) is 29.7 Å². The Morgan fingerprint density at radius 3 is 2.27 bits per heavy atom. The fraction of sp³-hybridized carbons (Fsp3) is 0.375. The summed E-state index contributed by atoms with van der Waals surface area (Å²) in [5, 5.41) is 4.31. The first kappa shape index (κ1) is 23.2. The van der Waals surface area contributed by atoms with Crippen molar-refractivity contribution in [3.63, 3.8) is 0 Å². The van der Waals surface area contributed by atoms with Gasteiger partial charge >= 0.3 is 6.03 Å². The largest absolute Gasteiger partial charge is 0.344 e. The lowest BCUT2D eigenvalue weighted by molar-refractivity contribution is -0.140. The molecule has 2 N–H and O–H groups in total. The van der Waals surface area contributed by atoms with Gasteiger partial charge in [-0.1, -0.05) is 61.0 Å². The predicted molar refractivity (Wildman–Crippen MR) is 125 cm³/mol. The van der Waals surface area contributed by atoms with Crippen LogP contribution in [0.15, 0.2) is 54.6 Å². The van der Waals surface area contributed by atoms with Crippen LogP contribution in [0.4, 0.5) is 4.79 Å². The normalized spacial score (nSPS) is 21.8. The maximum atomic E-state index is 13.1. The van der Waals surface area contributed by atoms with E-state index in [1.807, 2.05) is 54.3 Å². The van der Waals surface area contributed by atoms with Gasteiger partial charge in [-0.3, -0.25) is 24.8 Å². The third-order valence-corrected chi connectivity index (χ3v) is 6.53. The Balaban J connectivity index is 1.30. The Kier molecular flexibility index (Phi) is 6.97. The molecular weight excluding hydrogens is 442 g/mol. The third kappa shape index (κ3) is 5.03. The number of imide groups is 1. The molecule has 0 aliphatic carbocycles. The van der Waals surface area contributed by atoms with Crippen LogP contribution in [0.25, 0.3) is 0 Å².